The molecule has 1 aromatic carbocycles. The lowest BCUT2D eigenvalue weighted by Crippen LogP contribution is -2.43. The maximum Gasteiger partial charge on any atom is 0.408 e. The Hall–Kier alpha value is -2.44. The number of unbranched alkanes of at least 4 members (excludes halogenated alkanes) is 1. The first kappa shape index (κ1) is 21.6. The summed E-state index contributed by atoms with van der Waals surface area (Å²) >= 11 is 0. The van der Waals surface area contributed by atoms with Gasteiger partial charge in [-0.1, -0.05) is 0 Å². The molecule has 0 spiro atoms. The lowest BCUT2D eigenvalue weighted by molar-refractivity contribution is -0.139. The fourth-order valence-electron chi connectivity index (χ4n) is 2.40. The van der Waals surface area contributed by atoms with Crippen LogP contribution in [0, 0.1) is 13.8 Å². The molecule has 1 rings (SSSR count). The zero-order valence-corrected chi connectivity index (χ0v) is 16.3. The van der Waals surface area contributed by atoms with Crippen molar-refractivity contribution in [3.63, 3.8) is 0 Å². The first-order chi connectivity index (χ1) is 12.0. The van der Waals surface area contributed by atoms with E-state index in [1.165, 1.54) is 0 Å². The van der Waals surface area contributed by atoms with Gasteiger partial charge in [0.1, 0.15) is 11.6 Å². The molecule has 7 heteroatoms. The Morgan fingerprint density at radius 3 is 2.38 bits per heavy atom. The van der Waals surface area contributed by atoms with Gasteiger partial charge in [0.05, 0.1) is 11.4 Å². The molecule has 7 nitrogen and oxygen atoms in total. The minimum Gasteiger partial charge on any atom is -0.480 e. The Bertz CT molecular complexity index is 638. The number of nitrogen functional groups attached to an aromatic ring is 1. The number of nitrogens with one attached hydrogen (secondary N) is 2. The van der Waals surface area contributed by atoms with Crippen LogP contribution in [0.1, 0.15) is 51.2 Å². The van der Waals surface area contributed by atoms with Crippen molar-refractivity contribution in [2.45, 2.75) is 65.5 Å². The highest BCUT2D eigenvalue weighted by molar-refractivity contribution is 5.79. The quantitative estimate of drug-likeness (QED) is 0.414. The highest BCUT2D eigenvalue weighted by Crippen LogP contribution is 2.23. The molecule has 146 valence electrons. The number of alkyl carbamates (subject to hydrolysis) is 1. The molecule has 0 saturated heterocycles. The molecule has 0 radical (unpaired) electrons. The second-order valence-electron chi connectivity index (χ2n) is 7.48. The standard InChI is InChI=1S/C19H31N3O4/c1-12-10-14(20)16(11-13(12)2)21-9-7-6-8-15(17(23)24)22-18(25)26-19(3,4)5/h10-11,15,21H,6-9,20H2,1-5H3,(H,22,25)(H,23,24)/t15-/m0/s1. The number of carbonyl (C=O) groups is 2. The predicted molar refractivity (Wildman–Crippen MR) is 103 cm³/mol. The molecule has 1 aromatic rings. The molecule has 0 heterocycles. The van der Waals surface area contributed by atoms with Gasteiger partial charge in [-0.05, 0) is 77.1 Å². The number of rotatable bonds is 8. The molecule has 0 fully saturated rings. The molecule has 0 aliphatic carbocycles. The van der Waals surface area contributed by atoms with Crippen molar-refractivity contribution >= 4 is 23.4 Å². The van der Waals surface area contributed by atoms with E-state index < -0.39 is 23.7 Å². The van der Waals surface area contributed by atoms with Gasteiger partial charge in [-0.2, -0.15) is 0 Å². The van der Waals surface area contributed by atoms with Crippen LogP contribution < -0.4 is 16.4 Å². The normalized spacial score (nSPS) is 12.3. The minimum atomic E-state index is -1.07. The van der Waals surface area contributed by atoms with Crippen LogP contribution in [0.15, 0.2) is 12.1 Å². The Labute approximate surface area is 155 Å². The summed E-state index contributed by atoms with van der Waals surface area (Å²) in [6.45, 7) is 9.90. The maximum atomic E-state index is 11.7. The number of carbonyl (C=O) groups excluding carboxylic acids is 1. The van der Waals surface area contributed by atoms with Gasteiger partial charge in [0, 0.05) is 6.54 Å². The summed E-state index contributed by atoms with van der Waals surface area (Å²) in [5, 5.41) is 14.9. The number of carboxylic acids is 1. The SMILES string of the molecule is Cc1cc(N)c(NCCCC[C@H](NC(=O)OC(C)(C)C)C(=O)O)cc1C. The van der Waals surface area contributed by atoms with E-state index in [0.717, 1.165) is 23.2 Å². The third-order valence-electron chi connectivity index (χ3n) is 3.89. The molecular formula is C19H31N3O4. The average molecular weight is 365 g/mol. The molecular weight excluding hydrogens is 334 g/mol. The maximum absolute atomic E-state index is 11.7. The number of carboxylic acid groups (broad SMARTS) is 1. The Morgan fingerprint density at radius 1 is 1.19 bits per heavy atom. The second kappa shape index (κ2) is 9.31. The van der Waals surface area contributed by atoms with Gasteiger partial charge in [0.15, 0.2) is 0 Å². The molecule has 0 bridgehead atoms. The smallest absolute Gasteiger partial charge is 0.408 e. The first-order valence-electron chi connectivity index (χ1n) is 8.82. The van der Waals surface area contributed by atoms with Crippen molar-refractivity contribution in [3.05, 3.63) is 23.3 Å². The van der Waals surface area contributed by atoms with E-state index in [1.807, 2.05) is 26.0 Å². The van der Waals surface area contributed by atoms with Gasteiger partial charge < -0.3 is 26.2 Å². The van der Waals surface area contributed by atoms with Crippen molar-refractivity contribution in [1.29, 1.82) is 0 Å². The minimum absolute atomic E-state index is 0.332. The van der Waals surface area contributed by atoms with Gasteiger partial charge in [-0.3, -0.25) is 0 Å². The molecule has 0 saturated carbocycles. The number of hydrogen-bond acceptors (Lipinski definition) is 5. The number of aliphatic carboxylic acids is 1. The van der Waals surface area contributed by atoms with E-state index in [0.29, 0.717) is 25.1 Å². The summed E-state index contributed by atoms with van der Waals surface area (Å²) in [6.07, 6.45) is 1.01. The van der Waals surface area contributed by atoms with Crippen LogP contribution in [-0.2, 0) is 9.53 Å². The predicted octanol–water partition coefficient (Wildman–Crippen LogP) is 3.45. The van der Waals surface area contributed by atoms with Crippen molar-refractivity contribution in [3.8, 4) is 0 Å². The number of amides is 1. The third kappa shape index (κ3) is 7.63. The molecule has 0 aliphatic heterocycles. The monoisotopic (exact) mass is 365 g/mol. The summed E-state index contributed by atoms with van der Waals surface area (Å²) < 4.78 is 5.10. The van der Waals surface area contributed by atoms with Crippen LogP contribution in [0.2, 0.25) is 0 Å². The molecule has 0 aliphatic rings. The van der Waals surface area contributed by atoms with Crippen molar-refractivity contribution in [2.24, 2.45) is 0 Å². The summed E-state index contributed by atoms with van der Waals surface area (Å²) in [5.41, 5.74) is 9.22. The van der Waals surface area contributed by atoms with Crippen LogP contribution in [0.25, 0.3) is 0 Å². The second-order valence-corrected chi connectivity index (χ2v) is 7.48. The van der Waals surface area contributed by atoms with E-state index in [1.54, 1.807) is 20.8 Å². The van der Waals surface area contributed by atoms with E-state index in [9.17, 15) is 14.7 Å². The molecule has 5 N–H and O–H groups in total. The topological polar surface area (TPSA) is 114 Å². The lowest BCUT2D eigenvalue weighted by Gasteiger charge is -2.22. The number of ether oxygens (including phenoxy) is 1. The molecule has 26 heavy (non-hydrogen) atoms. The Kier molecular flexibility index (Phi) is 7.74. The van der Waals surface area contributed by atoms with Crippen LogP contribution in [0.4, 0.5) is 16.2 Å². The number of aryl methyl sites for hydroxylation is 2. The van der Waals surface area contributed by atoms with Gasteiger partial charge in [0.25, 0.3) is 0 Å². The van der Waals surface area contributed by atoms with Crippen molar-refractivity contribution < 1.29 is 19.4 Å². The zero-order valence-electron chi connectivity index (χ0n) is 16.3. The summed E-state index contributed by atoms with van der Waals surface area (Å²) in [5.74, 6) is -1.07. The Morgan fingerprint density at radius 2 is 1.81 bits per heavy atom. The molecule has 0 unspecified atom stereocenters. The van der Waals surface area contributed by atoms with Crippen LogP contribution >= 0.6 is 0 Å². The third-order valence-corrected chi connectivity index (χ3v) is 3.89. The van der Waals surface area contributed by atoms with Gasteiger partial charge in [-0.25, -0.2) is 9.59 Å². The van der Waals surface area contributed by atoms with E-state index in [4.69, 9.17) is 10.5 Å². The van der Waals surface area contributed by atoms with Crippen molar-refractivity contribution in [2.75, 3.05) is 17.6 Å². The first-order valence-corrected chi connectivity index (χ1v) is 8.82. The molecule has 1 amide bonds. The molecule has 1 atom stereocenters. The average Bonchev–Trinajstić information content (AvgIpc) is 2.48. The van der Waals surface area contributed by atoms with Crippen molar-refractivity contribution in [1.82, 2.24) is 5.32 Å². The fraction of sp³-hybridized carbons (Fsp3) is 0.579. The van der Waals surface area contributed by atoms with E-state index in [2.05, 4.69) is 10.6 Å². The van der Waals surface area contributed by atoms with Gasteiger partial charge in [-0.15, -0.1) is 0 Å². The van der Waals surface area contributed by atoms with E-state index in [-0.39, 0.29) is 0 Å². The Balaban J connectivity index is 2.41. The number of anilines is 2. The lowest BCUT2D eigenvalue weighted by atomic mass is 10.1. The largest absolute Gasteiger partial charge is 0.480 e. The van der Waals surface area contributed by atoms with Crippen LogP contribution in [0.3, 0.4) is 0 Å². The summed E-state index contributed by atoms with van der Waals surface area (Å²) in [7, 11) is 0. The van der Waals surface area contributed by atoms with E-state index >= 15 is 0 Å². The number of benzene rings is 1. The van der Waals surface area contributed by atoms with Crippen LogP contribution in [-0.4, -0.2) is 35.4 Å². The summed E-state index contributed by atoms with van der Waals surface area (Å²) in [4.78, 5) is 23.0. The fourth-order valence-corrected chi connectivity index (χ4v) is 2.40. The number of nitrogens with two attached hydrogens (primary N) is 1. The molecule has 0 aromatic heterocycles. The zero-order chi connectivity index (χ0) is 19.9. The number of hydrogen-bond donors (Lipinski definition) is 4. The summed E-state index contributed by atoms with van der Waals surface area (Å²) in [6, 6.07) is 2.98. The van der Waals surface area contributed by atoms with Crippen LogP contribution in [0.5, 0.6) is 0 Å². The highest BCUT2D eigenvalue weighted by atomic mass is 16.6. The highest BCUT2D eigenvalue weighted by Gasteiger charge is 2.23. The van der Waals surface area contributed by atoms with Gasteiger partial charge >= 0.3 is 12.1 Å². The van der Waals surface area contributed by atoms with Gasteiger partial charge in [0.2, 0.25) is 0 Å².